The summed E-state index contributed by atoms with van der Waals surface area (Å²) in [5.41, 5.74) is 1.08. The van der Waals surface area contributed by atoms with Gasteiger partial charge in [0.2, 0.25) is 5.91 Å². The molecular weight excluding hydrogens is 278 g/mol. The highest BCUT2D eigenvalue weighted by atomic mass is 79.9. The number of carbonyl (C=O) groups is 1. The van der Waals surface area contributed by atoms with E-state index in [-0.39, 0.29) is 17.9 Å². The molecule has 1 atom stereocenters. The average molecular weight is 298 g/mol. The predicted molar refractivity (Wildman–Crippen MR) is 75.5 cm³/mol. The van der Waals surface area contributed by atoms with Gasteiger partial charge in [-0.3, -0.25) is 4.79 Å². The first-order valence-electron chi connectivity index (χ1n) is 5.99. The van der Waals surface area contributed by atoms with E-state index in [9.17, 15) is 4.79 Å². The Bertz CT molecular complexity index is 350. The van der Waals surface area contributed by atoms with Crippen molar-refractivity contribution >= 4 is 21.8 Å². The van der Waals surface area contributed by atoms with Crippen molar-refractivity contribution in [3.05, 3.63) is 35.9 Å². The number of rotatable bonds is 5. The van der Waals surface area contributed by atoms with E-state index in [0.717, 1.165) is 17.4 Å². The van der Waals surface area contributed by atoms with E-state index in [1.54, 1.807) is 0 Å². The van der Waals surface area contributed by atoms with Crippen LogP contribution in [-0.2, 0) is 4.79 Å². The van der Waals surface area contributed by atoms with Crippen LogP contribution >= 0.6 is 15.9 Å². The number of benzene rings is 1. The second kappa shape index (κ2) is 6.80. The monoisotopic (exact) mass is 297 g/mol. The van der Waals surface area contributed by atoms with Crippen LogP contribution < -0.4 is 0 Å². The Hall–Kier alpha value is -0.830. The van der Waals surface area contributed by atoms with E-state index in [0.29, 0.717) is 0 Å². The van der Waals surface area contributed by atoms with Crippen molar-refractivity contribution in [1.82, 2.24) is 4.90 Å². The van der Waals surface area contributed by atoms with Crippen LogP contribution in [0.5, 0.6) is 0 Å². The van der Waals surface area contributed by atoms with Gasteiger partial charge in [0, 0.05) is 17.9 Å². The Labute approximate surface area is 112 Å². The van der Waals surface area contributed by atoms with Gasteiger partial charge < -0.3 is 4.90 Å². The molecule has 2 nitrogen and oxygen atoms in total. The fourth-order valence-electron chi connectivity index (χ4n) is 1.85. The highest BCUT2D eigenvalue weighted by Gasteiger charge is 2.23. The molecule has 17 heavy (non-hydrogen) atoms. The minimum absolute atomic E-state index is 0.0716. The lowest BCUT2D eigenvalue weighted by atomic mass is 9.99. The van der Waals surface area contributed by atoms with Gasteiger partial charge in [-0.15, -0.1) is 0 Å². The Kier molecular flexibility index (Phi) is 5.69. The SMILES string of the molecule is CC(C(=O)N(CCBr)C(C)C)c1ccccc1. The normalized spacial score (nSPS) is 12.5. The summed E-state index contributed by atoms with van der Waals surface area (Å²) in [6, 6.07) is 10.2. The third kappa shape index (κ3) is 3.84. The van der Waals surface area contributed by atoms with Crippen molar-refractivity contribution < 1.29 is 4.79 Å². The second-order valence-electron chi connectivity index (χ2n) is 4.45. The highest BCUT2D eigenvalue weighted by molar-refractivity contribution is 9.09. The summed E-state index contributed by atoms with van der Waals surface area (Å²) in [6.07, 6.45) is 0. The third-order valence-electron chi connectivity index (χ3n) is 2.90. The van der Waals surface area contributed by atoms with Crippen LogP contribution in [0.4, 0.5) is 0 Å². The molecule has 1 unspecified atom stereocenters. The maximum Gasteiger partial charge on any atom is 0.230 e. The summed E-state index contributed by atoms with van der Waals surface area (Å²) in [5, 5.41) is 0.818. The molecule has 0 aliphatic carbocycles. The summed E-state index contributed by atoms with van der Waals surface area (Å²) < 4.78 is 0. The summed E-state index contributed by atoms with van der Waals surface area (Å²) in [4.78, 5) is 14.3. The van der Waals surface area contributed by atoms with Gasteiger partial charge >= 0.3 is 0 Å². The topological polar surface area (TPSA) is 20.3 Å². The molecule has 0 N–H and O–H groups in total. The van der Waals surface area contributed by atoms with Gasteiger partial charge in [-0.25, -0.2) is 0 Å². The summed E-state index contributed by atoms with van der Waals surface area (Å²) in [6.45, 7) is 6.84. The molecule has 0 bridgehead atoms. The molecule has 1 aromatic rings. The van der Waals surface area contributed by atoms with Crippen LogP contribution in [0.25, 0.3) is 0 Å². The number of carbonyl (C=O) groups excluding carboxylic acids is 1. The van der Waals surface area contributed by atoms with Crippen LogP contribution in [-0.4, -0.2) is 28.7 Å². The number of alkyl halides is 1. The Balaban J connectivity index is 2.80. The molecule has 0 aromatic heterocycles. The molecule has 94 valence electrons. The van der Waals surface area contributed by atoms with Crippen molar-refractivity contribution in [3.63, 3.8) is 0 Å². The fourth-order valence-corrected chi connectivity index (χ4v) is 2.23. The standard InChI is InChI=1S/C14H20BrNO/c1-11(2)16(10-9-15)14(17)12(3)13-7-5-4-6-8-13/h4-8,11-12H,9-10H2,1-3H3. The smallest absolute Gasteiger partial charge is 0.230 e. The number of hydrogen-bond donors (Lipinski definition) is 0. The molecule has 3 heteroatoms. The van der Waals surface area contributed by atoms with Crippen LogP contribution in [0.15, 0.2) is 30.3 Å². The van der Waals surface area contributed by atoms with Gasteiger partial charge in [0.1, 0.15) is 0 Å². The second-order valence-corrected chi connectivity index (χ2v) is 5.24. The lowest BCUT2D eigenvalue weighted by molar-refractivity contribution is -0.133. The van der Waals surface area contributed by atoms with Crippen LogP contribution in [0.2, 0.25) is 0 Å². The Morgan fingerprint density at radius 1 is 1.24 bits per heavy atom. The van der Waals surface area contributed by atoms with Gasteiger partial charge in [0.15, 0.2) is 0 Å². The van der Waals surface area contributed by atoms with Gasteiger partial charge in [-0.2, -0.15) is 0 Å². The van der Waals surface area contributed by atoms with Crippen molar-refractivity contribution in [2.75, 3.05) is 11.9 Å². The first-order chi connectivity index (χ1) is 8.07. The lowest BCUT2D eigenvalue weighted by Gasteiger charge is -2.29. The predicted octanol–water partition coefficient (Wildman–Crippen LogP) is 3.42. The highest BCUT2D eigenvalue weighted by Crippen LogP contribution is 2.19. The molecular formula is C14H20BrNO. The molecule has 0 saturated carbocycles. The number of halogens is 1. The van der Waals surface area contributed by atoms with Crippen LogP contribution in [0.3, 0.4) is 0 Å². The summed E-state index contributed by atoms with van der Waals surface area (Å²) >= 11 is 3.40. The lowest BCUT2D eigenvalue weighted by Crippen LogP contribution is -2.40. The molecule has 0 radical (unpaired) electrons. The van der Waals surface area contributed by atoms with E-state index < -0.39 is 0 Å². The minimum Gasteiger partial charge on any atom is -0.339 e. The van der Waals surface area contributed by atoms with E-state index in [2.05, 4.69) is 29.8 Å². The van der Waals surface area contributed by atoms with Gasteiger partial charge in [-0.05, 0) is 26.3 Å². The summed E-state index contributed by atoms with van der Waals surface area (Å²) in [7, 11) is 0. The Morgan fingerprint density at radius 2 is 1.82 bits per heavy atom. The molecule has 0 saturated heterocycles. The Morgan fingerprint density at radius 3 is 2.29 bits per heavy atom. The van der Waals surface area contributed by atoms with E-state index >= 15 is 0 Å². The molecule has 0 fully saturated rings. The van der Waals surface area contributed by atoms with E-state index in [1.807, 2.05) is 42.2 Å². The fraction of sp³-hybridized carbons (Fsp3) is 0.500. The molecule has 1 rings (SSSR count). The van der Waals surface area contributed by atoms with E-state index in [1.165, 1.54) is 0 Å². The van der Waals surface area contributed by atoms with E-state index in [4.69, 9.17) is 0 Å². The van der Waals surface area contributed by atoms with Crippen molar-refractivity contribution in [3.8, 4) is 0 Å². The number of amides is 1. The third-order valence-corrected chi connectivity index (χ3v) is 3.26. The van der Waals surface area contributed by atoms with Crippen molar-refractivity contribution in [2.45, 2.75) is 32.7 Å². The zero-order valence-electron chi connectivity index (χ0n) is 10.7. The van der Waals surface area contributed by atoms with Gasteiger partial charge in [-0.1, -0.05) is 46.3 Å². The first-order valence-corrected chi connectivity index (χ1v) is 7.11. The number of nitrogens with zero attached hydrogens (tertiary/aromatic N) is 1. The zero-order valence-corrected chi connectivity index (χ0v) is 12.3. The largest absolute Gasteiger partial charge is 0.339 e. The summed E-state index contributed by atoms with van der Waals surface area (Å²) in [5.74, 6) is 0.128. The van der Waals surface area contributed by atoms with Crippen molar-refractivity contribution in [1.29, 1.82) is 0 Å². The molecule has 0 heterocycles. The van der Waals surface area contributed by atoms with Crippen molar-refractivity contribution in [2.24, 2.45) is 0 Å². The molecule has 0 spiro atoms. The van der Waals surface area contributed by atoms with Crippen LogP contribution in [0, 0.1) is 0 Å². The zero-order chi connectivity index (χ0) is 12.8. The quantitative estimate of drug-likeness (QED) is 0.763. The van der Waals surface area contributed by atoms with Crippen LogP contribution in [0.1, 0.15) is 32.3 Å². The minimum atomic E-state index is -0.0716. The molecule has 0 aliphatic heterocycles. The molecule has 1 amide bonds. The van der Waals surface area contributed by atoms with Gasteiger partial charge in [0.25, 0.3) is 0 Å². The number of hydrogen-bond acceptors (Lipinski definition) is 1. The molecule has 1 aromatic carbocycles. The van der Waals surface area contributed by atoms with Gasteiger partial charge in [0.05, 0.1) is 5.92 Å². The maximum atomic E-state index is 12.4. The molecule has 0 aliphatic rings. The maximum absolute atomic E-state index is 12.4. The average Bonchev–Trinajstić information content (AvgIpc) is 2.35. The first kappa shape index (κ1) is 14.2.